The lowest BCUT2D eigenvalue weighted by atomic mass is 9.83. The maximum absolute atomic E-state index is 14.3. The molecular weight excluding hydrogens is 442 g/mol. The van der Waals surface area contributed by atoms with Crippen LogP contribution in [0.5, 0.6) is 0 Å². The summed E-state index contributed by atoms with van der Waals surface area (Å²) < 4.78 is 23.3. The fourth-order valence-electron chi connectivity index (χ4n) is 4.57. The predicted molar refractivity (Wildman–Crippen MR) is 146 cm³/mol. The van der Waals surface area contributed by atoms with Crippen LogP contribution in [-0.2, 0) is 18.8 Å². The Morgan fingerprint density at radius 2 is 1.42 bits per heavy atom. The summed E-state index contributed by atoms with van der Waals surface area (Å²) in [7, 11) is -0.569. The second-order valence-corrected chi connectivity index (χ2v) is 16.8. The largest absolute Gasteiger partial charge is 0.413 e. The average Bonchev–Trinajstić information content (AvgIpc) is 2.82. The monoisotopic (exact) mass is 486 g/mol. The van der Waals surface area contributed by atoms with Crippen molar-refractivity contribution in [2.45, 2.75) is 76.6 Å². The molecular formula is C28H44NO2SSi+. The summed E-state index contributed by atoms with van der Waals surface area (Å²) in [6.45, 7) is 13.5. The van der Waals surface area contributed by atoms with Crippen LogP contribution in [-0.4, -0.2) is 32.8 Å². The van der Waals surface area contributed by atoms with Gasteiger partial charge in [-0.15, -0.1) is 4.31 Å². The lowest BCUT2D eigenvalue weighted by Crippen LogP contribution is -2.44. The Hall–Kier alpha value is -1.53. The molecule has 5 heteroatoms. The van der Waals surface area contributed by atoms with E-state index >= 15 is 0 Å². The molecule has 0 N–H and O–H groups in total. The van der Waals surface area contributed by atoms with Gasteiger partial charge in [-0.3, -0.25) is 0 Å². The number of nitrogens with zero attached hydrogens (tertiary/aromatic N) is 1. The van der Waals surface area contributed by atoms with Crippen LogP contribution < -0.4 is 0 Å². The topological polar surface area (TPSA) is 29.5 Å². The summed E-state index contributed by atoms with van der Waals surface area (Å²) >= 11 is 0. The van der Waals surface area contributed by atoms with E-state index in [1.54, 1.807) is 0 Å². The predicted octanol–water partition coefficient (Wildman–Crippen LogP) is 7.76. The average molecular weight is 487 g/mol. The minimum Gasteiger partial charge on any atom is -0.413 e. The molecule has 0 aliphatic carbocycles. The van der Waals surface area contributed by atoms with Crippen LogP contribution >= 0.6 is 0 Å². The first-order valence-electron chi connectivity index (χ1n) is 12.3. The third kappa shape index (κ3) is 6.53. The van der Waals surface area contributed by atoms with Gasteiger partial charge in [-0.25, -0.2) is 0 Å². The molecule has 0 amide bonds. The first-order chi connectivity index (χ1) is 15.6. The summed E-state index contributed by atoms with van der Waals surface area (Å²) in [5.74, 6) is 0.384. The van der Waals surface area contributed by atoms with Crippen molar-refractivity contribution in [3.8, 4) is 0 Å². The first kappa shape index (κ1) is 27.7. The minimum absolute atomic E-state index is 0.0387. The summed E-state index contributed by atoms with van der Waals surface area (Å²) in [5, 5.41) is 2.01. The van der Waals surface area contributed by atoms with Gasteiger partial charge >= 0.3 is 0 Å². The van der Waals surface area contributed by atoms with Crippen LogP contribution in [0.1, 0.15) is 53.0 Å². The Labute approximate surface area is 204 Å². The van der Waals surface area contributed by atoms with Crippen molar-refractivity contribution in [3.63, 3.8) is 0 Å². The molecule has 0 aromatic heterocycles. The summed E-state index contributed by atoms with van der Waals surface area (Å²) in [6.07, 6.45) is 0.0387. The summed E-state index contributed by atoms with van der Waals surface area (Å²) in [4.78, 5) is 0.836. The summed E-state index contributed by atoms with van der Waals surface area (Å²) in [6, 6.07) is 23.8. The second kappa shape index (κ2) is 12.3. The molecule has 0 heterocycles. The molecule has 0 saturated carbocycles. The fourth-order valence-corrected chi connectivity index (χ4v) is 9.53. The van der Waals surface area contributed by atoms with Crippen LogP contribution in [0.4, 0.5) is 0 Å². The van der Waals surface area contributed by atoms with Crippen molar-refractivity contribution >= 4 is 18.4 Å². The van der Waals surface area contributed by atoms with Gasteiger partial charge in [-0.1, -0.05) is 87.4 Å². The van der Waals surface area contributed by atoms with E-state index in [-0.39, 0.29) is 12.0 Å². The third-order valence-electron chi connectivity index (χ3n) is 6.92. The second-order valence-electron chi connectivity index (χ2n) is 9.51. The smallest absolute Gasteiger partial charge is 0.216 e. The lowest BCUT2D eigenvalue weighted by molar-refractivity contribution is 0.120. The Morgan fingerprint density at radius 3 is 1.85 bits per heavy atom. The number of hydrogen-bond acceptors (Lipinski definition) is 2. The highest BCUT2D eigenvalue weighted by Crippen LogP contribution is 2.39. The van der Waals surface area contributed by atoms with Crippen molar-refractivity contribution < 1.29 is 8.63 Å². The van der Waals surface area contributed by atoms with Crippen LogP contribution in [0.2, 0.25) is 18.1 Å². The molecule has 0 radical (unpaired) electrons. The Kier molecular flexibility index (Phi) is 10.3. The van der Waals surface area contributed by atoms with E-state index in [9.17, 15) is 4.21 Å². The van der Waals surface area contributed by atoms with Gasteiger partial charge in [0.1, 0.15) is 5.41 Å². The maximum Gasteiger partial charge on any atom is 0.216 e. The van der Waals surface area contributed by atoms with Crippen LogP contribution in [0, 0.1) is 5.92 Å². The number of hydrogen-bond donors (Lipinski definition) is 0. The number of rotatable bonds is 12. The van der Waals surface area contributed by atoms with Gasteiger partial charge in [0.2, 0.25) is 10.1 Å². The Bertz CT molecular complexity index is 915. The Morgan fingerprint density at radius 1 is 0.939 bits per heavy atom. The van der Waals surface area contributed by atoms with Gasteiger partial charge in [0.15, 0.2) is 13.2 Å². The van der Waals surface area contributed by atoms with E-state index in [0.717, 1.165) is 28.6 Å². The van der Waals surface area contributed by atoms with Crippen LogP contribution in [0.3, 0.4) is 0 Å². The summed E-state index contributed by atoms with van der Waals surface area (Å²) in [5.41, 5.74) is 2.33. The number of benzene rings is 2. The van der Waals surface area contributed by atoms with E-state index in [0.29, 0.717) is 5.92 Å². The van der Waals surface area contributed by atoms with E-state index < -0.39 is 18.4 Å². The Balaban J connectivity index is 2.66. The zero-order valence-electron chi connectivity index (χ0n) is 21.9. The van der Waals surface area contributed by atoms with Crippen LogP contribution in [0.25, 0.3) is 0 Å². The fraction of sp³-hybridized carbons (Fsp3) is 0.500. The van der Waals surface area contributed by atoms with E-state index in [1.165, 1.54) is 5.56 Å². The highest BCUT2D eigenvalue weighted by Gasteiger charge is 2.40. The molecule has 0 aliphatic heterocycles. The molecule has 3 atom stereocenters. The zero-order chi connectivity index (χ0) is 24.6. The molecule has 0 aliphatic rings. The van der Waals surface area contributed by atoms with Crippen molar-refractivity contribution in [3.05, 3.63) is 77.2 Å². The minimum atomic E-state index is -2.53. The normalized spacial score (nSPS) is 16.6. The van der Waals surface area contributed by atoms with Crippen molar-refractivity contribution in [2.24, 2.45) is 5.92 Å². The highest BCUT2D eigenvalue weighted by molar-refractivity contribution is 8.03. The third-order valence-corrected chi connectivity index (χ3v) is 14.3. The molecule has 0 fully saturated rings. The molecule has 33 heavy (non-hydrogen) atoms. The van der Waals surface area contributed by atoms with Gasteiger partial charge in [-0.2, -0.15) is 0 Å². The lowest BCUT2D eigenvalue weighted by Gasteiger charge is -2.39. The molecule has 2 aromatic carbocycles. The molecule has 1 unspecified atom stereocenters. The van der Waals surface area contributed by atoms with Gasteiger partial charge in [-0.05, 0) is 54.2 Å². The zero-order valence-corrected chi connectivity index (χ0v) is 23.7. The van der Waals surface area contributed by atoms with Gasteiger partial charge in [0.05, 0.1) is 6.10 Å². The van der Waals surface area contributed by atoms with E-state index in [2.05, 4.69) is 71.9 Å². The molecule has 182 valence electrons. The van der Waals surface area contributed by atoms with E-state index in [1.807, 2.05) is 54.1 Å². The SMILES string of the molecule is CC[Si](CC)(CC)O[C@@H](C(C)C)[C@@H](/C(C)=C\[S+](=O)(c1ccccc1)N(C)C)c1ccccc1. The molecule has 0 bridgehead atoms. The van der Waals surface area contributed by atoms with Crippen molar-refractivity contribution in [1.29, 1.82) is 0 Å². The standard InChI is InChI=1S/C28H44NO2SSi/c1-9-33(10-2,11-3)31-28(23(4)5)27(25-18-14-12-15-19-25)24(6)22-32(30,29(7)8)26-20-16-13-17-21-26/h12-23,27-28H,9-11H2,1-8H3/q+1/b24-22-/t27-,28-,32?/m0/s1. The molecule has 0 spiro atoms. The maximum atomic E-state index is 14.3. The quantitative estimate of drug-likeness (QED) is 0.227. The van der Waals surface area contributed by atoms with Crippen molar-refractivity contribution in [1.82, 2.24) is 4.31 Å². The van der Waals surface area contributed by atoms with Crippen molar-refractivity contribution in [2.75, 3.05) is 14.1 Å². The molecule has 0 saturated heterocycles. The van der Waals surface area contributed by atoms with E-state index in [4.69, 9.17) is 4.43 Å². The van der Waals surface area contributed by atoms with Crippen LogP contribution in [0.15, 0.2) is 76.5 Å². The van der Waals surface area contributed by atoms with Gasteiger partial charge in [0.25, 0.3) is 0 Å². The first-order valence-corrected chi connectivity index (χ1v) is 16.4. The highest BCUT2D eigenvalue weighted by atomic mass is 32.3. The van der Waals surface area contributed by atoms with Gasteiger partial charge < -0.3 is 4.43 Å². The molecule has 2 aromatic rings. The van der Waals surface area contributed by atoms with Gasteiger partial charge in [0, 0.05) is 20.0 Å². The molecule has 3 nitrogen and oxygen atoms in total. The molecule has 2 rings (SSSR count).